The molecule has 0 saturated carbocycles. The molecule has 0 aliphatic heterocycles. The van der Waals surface area contributed by atoms with Gasteiger partial charge in [0, 0.05) is 0 Å². The Balaban J connectivity index is 3.13. The highest BCUT2D eigenvalue weighted by Crippen LogP contribution is 2.41. The molecule has 1 aromatic carbocycles. The molecule has 0 aliphatic rings. The Labute approximate surface area is 97.0 Å². The number of benzene rings is 1. The normalized spacial score (nSPS) is 15.8. The summed E-state index contributed by atoms with van der Waals surface area (Å²) in [5.41, 5.74) is 0.987. The lowest BCUT2D eigenvalue weighted by molar-refractivity contribution is 0.284. The fraction of sp³-hybridized carbons (Fsp3) is 0.500. The largest absolute Gasteiger partial charge is 0.358 e. The van der Waals surface area contributed by atoms with Crippen LogP contribution in [0.2, 0.25) is 0 Å². The highest BCUT2D eigenvalue weighted by molar-refractivity contribution is 7.61. The number of hydrogen-bond donors (Lipinski definition) is 1. The Kier molecular flexibility index (Phi) is 3.95. The molecule has 0 fully saturated rings. The SMILES string of the molecule is CCO[P@@](=O)(O)c1cccc(C(C)(C)C)c1. The molecular formula is C12H19O3P. The van der Waals surface area contributed by atoms with Crippen LogP contribution >= 0.6 is 7.60 Å². The minimum Gasteiger partial charge on any atom is -0.321 e. The van der Waals surface area contributed by atoms with E-state index in [9.17, 15) is 9.46 Å². The maximum Gasteiger partial charge on any atom is 0.358 e. The smallest absolute Gasteiger partial charge is 0.321 e. The van der Waals surface area contributed by atoms with Gasteiger partial charge in [0.15, 0.2) is 0 Å². The predicted octanol–water partition coefficient (Wildman–Crippen LogP) is 2.83. The monoisotopic (exact) mass is 242 g/mol. The first-order valence-electron chi connectivity index (χ1n) is 5.36. The summed E-state index contributed by atoms with van der Waals surface area (Å²) in [5, 5.41) is 0.363. The van der Waals surface area contributed by atoms with Gasteiger partial charge in [0.25, 0.3) is 0 Å². The predicted molar refractivity (Wildman–Crippen MR) is 66.2 cm³/mol. The molecule has 0 aliphatic carbocycles. The third kappa shape index (κ3) is 3.18. The molecule has 1 atom stereocenters. The summed E-state index contributed by atoms with van der Waals surface area (Å²) in [5.74, 6) is 0. The zero-order chi connectivity index (χ0) is 12.4. The minimum absolute atomic E-state index is 0.0395. The van der Waals surface area contributed by atoms with Crippen molar-refractivity contribution in [3.8, 4) is 0 Å². The maximum atomic E-state index is 11.8. The second kappa shape index (κ2) is 4.70. The van der Waals surface area contributed by atoms with Crippen molar-refractivity contribution in [3.63, 3.8) is 0 Å². The summed E-state index contributed by atoms with van der Waals surface area (Å²) in [6.07, 6.45) is 0. The molecular weight excluding hydrogens is 223 g/mol. The van der Waals surface area contributed by atoms with Crippen molar-refractivity contribution in [2.75, 3.05) is 6.61 Å². The Morgan fingerprint density at radius 1 is 1.38 bits per heavy atom. The summed E-state index contributed by atoms with van der Waals surface area (Å²) in [7, 11) is -3.64. The fourth-order valence-electron chi connectivity index (χ4n) is 1.40. The van der Waals surface area contributed by atoms with Crippen LogP contribution in [0.5, 0.6) is 0 Å². The van der Waals surface area contributed by atoms with Crippen LogP contribution < -0.4 is 5.30 Å². The highest BCUT2D eigenvalue weighted by Gasteiger charge is 2.24. The van der Waals surface area contributed by atoms with Crippen LogP contribution in [0.4, 0.5) is 0 Å². The quantitative estimate of drug-likeness (QED) is 0.829. The molecule has 0 aromatic heterocycles. The molecule has 0 amide bonds. The minimum atomic E-state index is -3.64. The van der Waals surface area contributed by atoms with Gasteiger partial charge in [-0.05, 0) is 30.0 Å². The zero-order valence-electron chi connectivity index (χ0n) is 10.2. The first kappa shape index (κ1) is 13.4. The average Bonchev–Trinajstić information content (AvgIpc) is 2.16. The van der Waals surface area contributed by atoms with Crippen molar-refractivity contribution >= 4 is 12.9 Å². The molecule has 1 N–H and O–H groups in total. The van der Waals surface area contributed by atoms with Crippen molar-refractivity contribution in [2.24, 2.45) is 0 Å². The Morgan fingerprint density at radius 3 is 2.50 bits per heavy atom. The van der Waals surface area contributed by atoms with Crippen LogP contribution in [0.15, 0.2) is 24.3 Å². The van der Waals surface area contributed by atoms with Gasteiger partial charge in [0.1, 0.15) is 0 Å². The molecule has 0 heterocycles. The van der Waals surface area contributed by atoms with Crippen LogP contribution in [0.1, 0.15) is 33.3 Å². The van der Waals surface area contributed by atoms with E-state index in [0.717, 1.165) is 5.56 Å². The van der Waals surface area contributed by atoms with Gasteiger partial charge >= 0.3 is 7.60 Å². The maximum absolute atomic E-state index is 11.8. The van der Waals surface area contributed by atoms with Crippen LogP contribution in [-0.2, 0) is 14.5 Å². The van der Waals surface area contributed by atoms with Gasteiger partial charge in [-0.3, -0.25) is 4.57 Å². The lowest BCUT2D eigenvalue weighted by Crippen LogP contribution is -2.15. The van der Waals surface area contributed by atoms with E-state index in [-0.39, 0.29) is 12.0 Å². The lowest BCUT2D eigenvalue weighted by Gasteiger charge is -2.20. The van der Waals surface area contributed by atoms with Crippen molar-refractivity contribution in [3.05, 3.63) is 29.8 Å². The number of rotatable bonds is 3. The Morgan fingerprint density at radius 2 is 2.00 bits per heavy atom. The molecule has 3 nitrogen and oxygen atoms in total. The first-order chi connectivity index (χ1) is 7.27. The van der Waals surface area contributed by atoms with E-state index in [1.54, 1.807) is 25.1 Å². The molecule has 1 rings (SSSR count). The molecule has 0 radical (unpaired) electrons. The van der Waals surface area contributed by atoms with E-state index in [1.807, 2.05) is 6.07 Å². The van der Waals surface area contributed by atoms with E-state index >= 15 is 0 Å². The molecule has 0 bridgehead atoms. The van der Waals surface area contributed by atoms with Crippen LogP contribution in [0, 0.1) is 0 Å². The van der Waals surface area contributed by atoms with Crippen LogP contribution in [0.3, 0.4) is 0 Å². The molecule has 0 unspecified atom stereocenters. The molecule has 1 aromatic rings. The van der Waals surface area contributed by atoms with E-state index in [2.05, 4.69) is 20.8 Å². The summed E-state index contributed by atoms with van der Waals surface area (Å²) < 4.78 is 16.7. The fourth-order valence-corrected chi connectivity index (χ4v) is 2.47. The molecule has 90 valence electrons. The summed E-state index contributed by atoms with van der Waals surface area (Å²) in [6.45, 7) is 8.13. The molecule has 16 heavy (non-hydrogen) atoms. The van der Waals surface area contributed by atoms with Gasteiger partial charge in [-0.2, -0.15) is 0 Å². The summed E-state index contributed by atoms with van der Waals surface area (Å²) in [6, 6.07) is 7.12. The average molecular weight is 242 g/mol. The highest BCUT2D eigenvalue weighted by atomic mass is 31.2. The van der Waals surface area contributed by atoms with Gasteiger partial charge in [0.2, 0.25) is 0 Å². The molecule has 0 saturated heterocycles. The van der Waals surface area contributed by atoms with Crippen molar-refractivity contribution in [1.29, 1.82) is 0 Å². The Hall–Kier alpha value is -0.630. The van der Waals surface area contributed by atoms with Crippen molar-refractivity contribution < 1.29 is 14.0 Å². The topological polar surface area (TPSA) is 46.5 Å². The van der Waals surface area contributed by atoms with E-state index in [1.165, 1.54) is 0 Å². The second-order valence-corrected chi connectivity index (χ2v) is 6.55. The van der Waals surface area contributed by atoms with Crippen LogP contribution in [-0.4, -0.2) is 11.5 Å². The van der Waals surface area contributed by atoms with Crippen molar-refractivity contribution in [1.82, 2.24) is 0 Å². The van der Waals surface area contributed by atoms with Gasteiger partial charge < -0.3 is 9.42 Å². The van der Waals surface area contributed by atoms with E-state index in [4.69, 9.17) is 4.52 Å². The standard InChI is InChI=1S/C12H19O3P/c1-5-15-16(13,14)11-8-6-7-10(9-11)12(2,3)4/h6-9H,5H2,1-4H3,(H,13,14). The first-order valence-corrected chi connectivity index (χ1v) is 6.93. The van der Waals surface area contributed by atoms with Gasteiger partial charge in [-0.25, -0.2) is 0 Å². The van der Waals surface area contributed by atoms with Gasteiger partial charge in [-0.1, -0.05) is 32.9 Å². The van der Waals surface area contributed by atoms with E-state index in [0.29, 0.717) is 5.30 Å². The van der Waals surface area contributed by atoms with E-state index < -0.39 is 7.60 Å². The summed E-state index contributed by atoms with van der Waals surface area (Å²) in [4.78, 5) is 9.71. The van der Waals surface area contributed by atoms with Crippen molar-refractivity contribution in [2.45, 2.75) is 33.1 Å². The lowest BCUT2D eigenvalue weighted by atomic mass is 9.87. The number of hydrogen-bond acceptors (Lipinski definition) is 2. The van der Waals surface area contributed by atoms with Gasteiger partial charge in [0.05, 0.1) is 11.9 Å². The third-order valence-electron chi connectivity index (χ3n) is 2.34. The third-order valence-corrected chi connectivity index (χ3v) is 3.88. The molecule has 4 heteroatoms. The summed E-state index contributed by atoms with van der Waals surface area (Å²) >= 11 is 0. The second-order valence-electron chi connectivity index (χ2n) is 4.74. The zero-order valence-corrected chi connectivity index (χ0v) is 11.1. The van der Waals surface area contributed by atoms with Gasteiger partial charge in [-0.15, -0.1) is 0 Å². The Bertz CT molecular complexity index is 407. The van der Waals surface area contributed by atoms with Crippen LogP contribution in [0.25, 0.3) is 0 Å². The molecule has 0 spiro atoms.